The van der Waals surface area contributed by atoms with Crippen molar-refractivity contribution in [2.24, 2.45) is 0 Å². The number of aromatic nitrogens is 2. The lowest BCUT2D eigenvalue weighted by Crippen LogP contribution is -2.27. The number of hydrogen-bond donors (Lipinski definition) is 1. The van der Waals surface area contributed by atoms with E-state index in [9.17, 15) is 9.59 Å². The fourth-order valence-corrected chi connectivity index (χ4v) is 4.55. The molecule has 1 aliphatic rings. The molecule has 0 aliphatic heterocycles. The van der Waals surface area contributed by atoms with E-state index >= 15 is 0 Å². The van der Waals surface area contributed by atoms with Crippen molar-refractivity contribution in [3.8, 4) is 0 Å². The van der Waals surface area contributed by atoms with Crippen LogP contribution < -0.4 is 10.9 Å². The summed E-state index contributed by atoms with van der Waals surface area (Å²) in [5.74, 6) is 0.284. The molecule has 1 saturated carbocycles. The van der Waals surface area contributed by atoms with Gasteiger partial charge in [0.05, 0.1) is 16.2 Å². The Kier molecular flexibility index (Phi) is 5.95. The summed E-state index contributed by atoms with van der Waals surface area (Å²) in [6.07, 6.45) is 2.97. The van der Waals surface area contributed by atoms with E-state index in [1.807, 2.05) is 49.4 Å². The number of carbonyl (C=O) groups excluding carboxylic acids is 1. The van der Waals surface area contributed by atoms with Crippen molar-refractivity contribution in [2.45, 2.75) is 62.4 Å². The minimum atomic E-state index is -0.381. The Morgan fingerprint density at radius 2 is 1.87 bits per heavy atom. The highest BCUT2D eigenvalue weighted by atomic mass is 32.2. The van der Waals surface area contributed by atoms with Gasteiger partial charge in [-0.15, -0.1) is 0 Å². The molecule has 1 N–H and O–H groups in total. The van der Waals surface area contributed by atoms with Gasteiger partial charge in [-0.2, -0.15) is 0 Å². The van der Waals surface area contributed by atoms with E-state index in [-0.39, 0.29) is 22.8 Å². The second-order valence-corrected chi connectivity index (χ2v) is 9.27. The van der Waals surface area contributed by atoms with Crippen molar-refractivity contribution in [1.82, 2.24) is 9.55 Å². The van der Waals surface area contributed by atoms with Crippen LogP contribution in [0.1, 0.15) is 57.6 Å². The van der Waals surface area contributed by atoms with Gasteiger partial charge in [-0.25, -0.2) is 4.98 Å². The van der Waals surface area contributed by atoms with Crippen LogP contribution in [0.5, 0.6) is 0 Å². The predicted octanol–water partition coefficient (Wildman–Crippen LogP) is 5.36. The number of para-hydroxylation sites is 2. The van der Waals surface area contributed by atoms with Crippen LogP contribution in [-0.4, -0.2) is 20.7 Å². The number of benzene rings is 2. The van der Waals surface area contributed by atoms with Gasteiger partial charge in [0.1, 0.15) is 0 Å². The molecule has 0 saturated heterocycles. The molecule has 6 heteroatoms. The van der Waals surface area contributed by atoms with E-state index in [1.54, 1.807) is 4.57 Å². The molecule has 4 rings (SSSR count). The van der Waals surface area contributed by atoms with Crippen LogP contribution in [0.2, 0.25) is 0 Å². The zero-order valence-corrected chi connectivity index (χ0v) is 18.4. The van der Waals surface area contributed by atoms with E-state index in [2.05, 4.69) is 25.2 Å². The number of nitrogens with one attached hydrogen (secondary N) is 1. The Bertz CT molecular complexity index is 1140. The van der Waals surface area contributed by atoms with Gasteiger partial charge in [0.15, 0.2) is 5.16 Å². The second kappa shape index (κ2) is 8.64. The third kappa shape index (κ3) is 4.15. The maximum Gasteiger partial charge on any atom is 0.262 e. The first-order valence-electron chi connectivity index (χ1n) is 10.6. The van der Waals surface area contributed by atoms with Crippen LogP contribution >= 0.6 is 11.8 Å². The van der Waals surface area contributed by atoms with Gasteiger partial charge in [0.2, 0.25) is 5.91 Å². The normalized spacial score (nSPS) is 15.7. The Hall–Kier alpha value is -2.60. The number of nitrogens with zero attached hydrogens (tertiary/aromatic N) is 2. The van der Waals surface area contributed by atoms with Crippen molar-refractivity contribution in [3.05, 3.63) is 64.4 Å². The summed E-state index contributed by atoms with van der Waals surface area (Å²) in [5.41, 5.74) is 2.66. The molecule has 0 bridgehead atoms. The molecule has 1 amide bonds. The van der Waals surface area contributed by atoms with Crippen molar-refractivity contribution < 1.29 is 4.79 Å². The number of carbonyl (C=O) groups is 1. The molecule has 30 heavy (non-hydrogen) atoms. The molecule has 3 aromatic rings. The lowest BCUT2D eigenvalue weighted by Gasteiger charge is -2.19. The SMILES string of the molecule is CC[C@@H](C)c1ccccc1NC(=O)[C@H](C)Sc1nc2ccccc2c(=O)n1C1CC1. The minimum Gasteiger partial charge on any atom is -0.325 e. The smallest absolute Gasteiger partial charge is 0.262 e. The number of amides is 1. The summed E-state index contributed by atoms with van der Waals surface area (Å²) in [5, 5.41) is 3.96. The second-order valence-electron chi connectivity index (χ2n) is 7.96. The zero-order chi connectivity index (χ0) is 21.3. The summed E-state index contributed by atoms with van der Waals surface area (Å²) in [4.78, 5) is 30.7. The van der Waals surface area contributed by atoms with E-state index in [4.69, 9.17) is 4.98 Å². The maximum atomic E-state index is 13.0. The predicted molar refractivity (Wildman–Crippen MR) is 123 cm³/mol. The molecule has 2 atom stereocenters. The lowest BCUT2D eigenvalue weighted by atomic mass is 9.97. The highest BCUT2D eigenvalue weighted by molar-refractivity contribution is 8.00. The number of hydrogen-bond acceptors (Lipinski definition) is 4. The molecule has 0 unspecified atom stereocenters. The largest absolute Gasteiger partial charge is 0.325 e. The Morgan fingerprint density at radius 1 is 1.17 bits per heavy atom. The number of fused-ring (bicyclic) bond motifs is 1. The Morgan fingerprint density at radius 3 is 2.60 bits per heavy atom. The zero-order valence-electron chi connectivity index (χ0n) is 17.6. The van der Waals surface area contributed by atoms with Crippen molar-refractivity contribution in [1.29, 1.82) is 0 Å². The van der Waals surface area contributed by atoms with Gasteiger partial charge in [-0.3, -0.25) is 14.2 Å². The van der Waals surface area contributed by atoms with E-state index < -0.39 is 0 Å². The Balaban J connectivity index is 1.59. The summed E-state index contributed by atoms with van der Waals surface area (Å²) in [6, 6.07) is 15.6. The van der Waals surface area contributed by atoms with Crippen LogP contribution in [0.3, 0.4) is 0 Å². The standard InChI is InChI=1S/C24H27N3O2S/c1-4-15(2)18-9-5-7-11-20(18)25-22(28)16(3)30-24-26-21-12-8-6-10-19(21)23(29)27(24)17-13-14-17/h5-12,15-17H,4,13-14H2,1-3H3,(H,25,28)/t15-,16+/m1/s1. The van der Waals surface area contributed by atoms with Gasteiger partial charge >= 0.3 is 0 Å². The van der Waals surface area contributed by atoms with E-state index in [1.165, 1.54) is 11.8 Å². The van der Waals surface area contributed by atoms with Gasteiger partial charge < -0.3 is 5.32 Å². The summed E-state index contributed by atoms with van der Waals surface area (Å²) in [6.45, 7) is 6.17. The van der Waals surface area contributed by atoms with Crippen LogP contribution in [-0.2, 0) is 4.79 Å². The van der Waals surface area contributed by atoms with Crippen LogP contribution in [0, 0.1) is 0 Å². The molecule has 1 heterocycles. The molecule has 1 fully saturated rings. The maximum absolute atomic E-state index is 13.0. The fraction of sp³-hybridized carbons (Fsp3) is 0.375. The van der Waals surface area contributed by atoms with Crippen molar-refractivity contribution >= 4 is 34.3 Å². The van der Waals surface area contributed by atoms with Gasteiger partial charge in [0.25, 0.3) is 5.56 Å². The quantitative estimate of drug-likeness (QED) is 0.412. The summed E-state index contributed by atoms with van der Waals surface area (Å²) < 4.78 is 1.78. The highest BCUT2D eigenvalue weighted by Crippen LogP contribution is 2.38. The highest BCUT2D eigenvalue weighted by Gasteiger charge is 2.30. The van der Waals surface area contributed by atoms with Gasteiger partial charge in [-0.05, 0) is 55.9 Å². The number of rotatable bonds is 7. The van der Waals surface area contributed by atoms with Crippen LogP contribution in [0.15, 0.2) is 58.5 Å². The molecule has 2 aromatic carbocycles. The molecule has 1 aliphatic carbocycles. The average Bonchev–Trinajstić information content (AvgIpc) is 3.58. The van der Waals surface area contributed by atoms with Gasteiger partial charge in [-0.1, -0.05) is 55.9 Å². The third-order valence-electron chi connectivity index (χ3n) is 5.70. The molecule has 0 radical (unpaired) electrons. The molecule has 1 aromatic heterocycles. The van der Waals surface area contributed by atoms with Crippen LogP contribution in [0.25, 0.3) is 10.9 Å². The van der Waals surface area contributed by atoms with E-state index in [0.717, 1.165) is 30.5 Å². The molecule has 156 valence electrons. The van der Waals surface area contributed by atoms with Gasteiger partial charge in [0, 0.05) is 11.7 Å². The topological polar surface area (TPSA) is 64.0 Å². The average molecular weight is 422 g/mol. The number of anilines is 1. The molecular formula is C24H27N3O2S. The first-order chi connectivity index (χ1) is 14.5. The van der Waals surface area contributed by atoms with Crippen LogP contribution in [0.4, 0.5) is 5.69 Å². The monoisotopic (exact) mass is 421 g/mol. The van der Waals surface area contributed by atoms with E-state index in [0.29, 0.717) is 22.0 Å². The fourth-order valence-electron chi connectivity index (χ4n) is 3.57. The minimum absolute atomic E-state index is 0.0136. The van der Waals surface area contributed by atoms with Crippen molar-refractivity contribution in [2.75, 3.05) is 5.32 Å². The molecular weight excluding hydrogens is 394 g/mol. The first-order valence-corrected chi connectivity index (χ1v) is 11.4. The number of thioether (sulfide) groups is 1. The summed E-state index contributed by atoms with van der Waals surface area (Å²) >= 11 is 1.35. The molecule has 0 spiro atoms. The Labute approximate surface area is 180 Å². The third-order valence-corrected chi connectivity index (χ3v) is 6.77. The van der Waals surface area contributed by atoms with Crippen molar-refractivity contribution in [3.63, 3.8) is 0 Å². The molecule has 5 nitrogen and oxygen atoms in total. The summed E-state index contributed by atoms with van der Waals surface area (Å²) in [7, 11) is 0. The first kappa shape index (κ1) is 20.7. The lowest BCUT2D eigenvalue weighted by molar-refractivity contribution is -0.115.